The first-order valence-electron chi connectivity index (χ1n) is 10.2. The molecule has 1 saturated heterocycles. The second kappa shape index (κ2) is 10.4. The summed E-state index contributed by atoms with van der Waals surface area (Å²) in [7, 11) is 0. The minimum Gasteiger partial charge on any atom is -0.504 e. The highest BCUT2D eigenvalue weighted by Crippen LogP contribution is 2.30. The monoisotopic (exact) mass is 440 g/mol. The summed E-state index contributed by atoms with van der Waals surface area (Å²) in [6.07, 6.45) is -3.17. The Kier molecular flexibility index (Phi) is 7.87. The van der Waals surface area contributed by atoms with E-state index in [1.54, 1.807) is 0 Å². The molecule has 7 atom stereocenters. The molecule has 1 aliphatic heterocycles. The molecule has 0 bridgehead atoms. The number of aromatic hydroxyl groups is 2. The smallest absolute Gasteiger partial charge is 0.331 e. The molecule has 6 N–H and O–H groups in total. The molecule has 2 fully saturated rings. The maximum Gasteiger partial charge on any atom is 0.331 e. The van der Waals surface area contributed by atoms with Gasteiger partial charge in [0.1, 0.15) is 18.3 Å². The van der Waals surface area contributed by atoms with E-state index < -0.39 is 55.5 Å². The van der Waals surface area contributed by atoms with Crippen LogP contribution in [0.25, 0.3) is 6.08 Å². The van der Waals surface area contributed by atoms with Gasteiger partial charge in [-0.15, -0.1) is 0 Å². The number of hydrogen-bond acceptors (Lipinski definition) is 10. The lowest BCUT2D eigenvalue weighted by Crippen LogP contribution is -2.61. The quantitative estimate of drug-likeness (QED) is 0.198. The number of aliphatic hydroxyl groups is 4. The number of ether oxygens (including phenoxy) is 3. The summed E-state index contributed by atoms with van der Waals surface area (Å²) >= 11 is 0. The predicted octanol–water partition coefficient (Wildman–Crippen LogP) is -0.218. The third-order valence-corrected chi connectivity index (χ3v) is 5.46. The Hall–Kier alpha value is -2.21. The molecule has 0 radical (unpaired) electrons. The summed E-state index contributed by atoms with van der Waals surface area (Å²) in [6.45, 7) is -0.587. The molecular weight excluding hydrogens is 412 g/mol. The van der Waals surface area contributed by atoms with Gasteiger partial charge in [-0.25, -0.2) is 4.79 Å². The van der Waals surface area contributed by atoms with Crippen molar-refractivity contribution in [3.63, 3.8) is 0 Å². The molecule has 0 aromatic heterocycles. The maximum atomic E-state index is 12.3. The van der Waals surface area contributed by atoms with Crippen molar-refractivity contribution in [3.05, 3.63) is 29.8 Å². The van der Waals surface area contributed by atoms with E-state index >= 15 is 0 Å². The number of phenols is 2. The van der Waals surface area contributed by atoms with Crippen molar-refractivity contribution < 1.29 is 49.6 Å². The van der Waals surface area contributed by atoms with Gasteiger partial charge in [-0.1, -0.05) is 18.9 Å². The minimum absolute atomic E-state index is 0.306. The summed E-state index contributed by atoms with van der Waals surface area (Å²) in [5.41, 5.74) is 0.409. The SMILES string of the molecule is O=C(/C=C/c1ccc(O)c(O)c1)O[C@H]1[C@H](O[C@@H]2CCCC[C@H]2O)O[C@H](CO)[C@@H](O)[C@@H]1O. The maximum absolute atomic E-state index is 12.3. The second-order valence-corrected chi connectivity index (χ2v) is 7.72. The minimum atomic E-state index is -1.59. The van der Waals surface area contributed by atoms with Crippen molar-refractivity contribution in [1.82, 2.24) is 0 Å². The van der Waals surface area contributed by atoms with Crippen molar-refractivity contribution >= 4 is 12.0 Å². The molecule has 172 valence electrons. The first-order valence-corrected chi connectivity index (χ1v) is 10.2. The van der Waals surface area contributed by atoms with Gasteiger partial charge in [0.25, 0.3) is 0 Å². The molecule has 31 heavy (non-hydrogen) atoms. The highest BCUT2D eigenvalue weighted by molar-refractivity contribution is 5.87. The third-order valence-electron chi connectivity index (χ3n) is 5.46. The molecule has 2 aliphatic rings. The van der Waals surface area contributed by atoms with Crippen LogP contribution in [-0.2, 0) is 19.0 Å². The highest BCUT2D eigenvalue weighted by atomic mass is 16.7. The number of aliphatic hydroxyl groups excluding tert-OH is 4. The van der Waals surface area contributed by atoms with E-state index in [2.05, 4.69) is 0 Å². The standard InChI is InChI=1S/C21H28O10/c22-10-16-18(27)19(28)20(21(30-16)29-15-4-2-1-3-13(15)24)31-17(26)8-6-11-5-7-12(23)14(25)9-11/h5-9,13,15-16,18-25,27-28H,1-4,10H2/b8-6+/t13-,15-,16-,18-,19+,20-,21-/m1/s1. The summed E-state index contributed by atoms with van der Waals surface area (Å²) in [5, 5.41) is 59.0. The van der Waals surface area contributed by atoms with E-state index in [9.17, 15) is 35.4 Å². The van der Waals surface area contributed by atoms with Crippen LogP contribution in [0.4, 0.5) is 0 Å². The largest absolute Gasteiger partial charge is 0.504 e. The van der Waals surface area contributed by atoms with Gasteiger partial charge >= 0.3 is 5.97 Å². The predicted molar refractivity (Wildman–Crippen MR) is 106 cm³/mol. The van der Waals surface area contributed by atoms with Crippen molar-refractivity contribution in [3.8, 4) is 11.5 Å². The molecule has 0 amide bonds. The Labute approximate surface area is 178 Å². The lowest BCUT2D eigenvalue weighted by Gasteiger charge is -2.43. The lowest BCUT2D eigenvalue weighted by molar-refractivity contribution is -0.320. The Morgan fingerprint density at radius 2 is 1.84 bits per heavy atom. The molecular formula is C21H28O10. The number of esters is 1. The zero-order valence-corrected chi connectivity index (χ0v) is 16.8. The molecule has 1 heterocycles. The van der Waals surface area contributed by atoms with Crippen molar-refractivity contribution in [2.75, 3.05) is 6.61 Å². The Balaban J connectivity index is 1.71. The van der Waals surface area contributed by atoms with Gasteiger partial charge in [0, 0.05) is 6.08 Å². The van der Waals surface area contributed by atoms with Crippen LogP contribution in [0.3, 0.4) is 0 Å². The zero-order valence-electron chi connectivity index (χ0n) is 16.8. The average molecular weight is 440 g/mol. The van der Waals surface area contributed by atoms with Crippen molar-refractivity contribution in [1.29, 1.82) is 0 Å². The normalized spacial score (nSPS) is 34.0. The van der Waals surface area contributed by atoms with E-state index in [1.165, 1.54) is 24.3 Å². The van der Waals surface area contributed by atoms with E-state index in [4.69, 9.17) is 14.2 Å². The molecule has 10 heteroatoms. The summed E-state index contributed by atoms with van der Waals surface area (Å²) < 4.78 is 16.6. The van der Waals surface area contributed by atoms with Crippen LogP contribution < -0.4 is 0 Å². The molecule has 1 aromatic carbocycles. The van der Waals surface area contributed by atoms with Gasteiger partial charge in [0.05, 0.1) is 18.8 Å². The van der Waals surface area contributed by atoms with Gasteiger partial charge in [-0.05, 0) is 36.6 Å². The number of hydrogen-bond donors (Lipinski definition) is 6. The van der Waals surface area contributed by atoms with Gasteiger partial charge < -0.3 is 44.8 Å². The van der Waals surface area contributed by atoms with E-state index in [0.717, 1.165) is 18.9 Å². The van der Waals surface area contributed by atoms with Crippen molar-refractivity contribution in [2.45, 2.75) is 68.6 Å². The first kappa shape index (κ1) is 23.5. The molecule has 0 unspecified atom stereocenters. The lowest BCUT2D eigenvalue weighted by atomic mass is 9.94. The molecule has 1 aromatic rings. The van der Waals surface area contributed by atoms with Crippen LogP contribution in [0.15, 0.2) is 24.3 Å². The van der Waals surface area contributed by atoms with Crippen molar-refractivity contribution in [2.24, 2.45) is 0 Å². The van der Waals surface area contributed by atoms with Gasteiger partial charge in [0.15, 0.2) is 23.9 Å². The fourth-order valence-corrected chi connectivity index (χ4v) is 3.68. The Bertz CT molecular complexity index is 781. The van der Waals surface area contributed by atoms with Crippen LogP contribution in [-0.4, -0.2) is 86.1 Å². The number of rotatable bonds is 6. The van der Waals surface area contributed by atoms with Gasteiger partial charge in [-0.3, -0.25) is 0 Å². The Morgan fingerprint density at radius 3 is 2.52 bits per heavy atom. The molecule has 3 rings (SSSR count). The van der Waals surface area contributed by atoms with E-state index in [0.29, 0.717) is 18.4 Å². The second-order valence-electron chi connectivity index (χ2n) is 7.72. The van der Waals surface area contributed by atoms with Crippen LogP contribution in [0, 0.1) is 0 Å². The van der Waals surface area contributed by atoms with E-state index in [-0.39, 0.29) is 11.5 Å². The van der Waals surface area contributed by atoms with Crippen LogP contribution >= 0.6 is 0 Å². The fourth-order valence-electron chi connectivity index (χ4n) is 3.68. The topological polar surface area (TPSA) is 166 Å². The summed E-state index contributed by atoms with van der Waals surface area (Å²) in [4.78, 5) is 12.3. The van der Waals surface area contributed by atoms with Crippen LogP contribution in [0.5, 0.6) is 11.5 Å². The molecule has 1 saturated carbocycles. The number of phenolic OH excluding ortho intramolecular Hbond substituents is 2. The zero-order chi connectivity index (χ0) is 22.5. The summed E-state index contributed by atoms with van der Waals surface area (Å²) in [5.74, 6) is -1.54. The van der Waals surface area contributed by atoms with E-state index in [1.807, 2.05) is 0 Å². The number of carbonyl (C=O) groups excluding carboxylic acids is 1. The molecule has 1 aliphatic carbocycles. The average Bonchev–Trinajstić information content (AvgIpc) is 2.75. The highest BCUT2D eigenvalue weighted by Gasteiger charge is 2.48. The van der Waals surface area contributed by atoms with Crippen LogP contribution in [0.1, 0.15) is 31.2 Å². The fraction of sp³-hybridized carbons (Fsp3) is 0.571. The summed E-state index contributed by atoms with van der Waals surface area (Å²) in [6, 6.07) is 3.96. The number of benzene rings is 1. The number of carbonyl (C=O) groups is 1. The molecule has 10 nitrogen and oxygen atoms in total. The first-order chi connectivity index (χ1) is 14.8. The third kappa shape index (κ3) is 5.73. The van der Waals surface area contributed by atoms with Crippen LogP contribution in [0.2, 0.25) is 0 Å². The Morgan fingerprint density at radius 1 is 1.10 bits per heavy atom. The van der Waals surface area contributed by atoms with Gasteiger partial charge in [-0.2, -0.15) is 0 Å². The van der Waals surface area contributed by atoms with Gasteiger partial charge in [0.2, 0.25) is 0 Å². The molecule has 0 spiro atoms.